The van der Waals surface area contributed by atoms with Crippen molar-refractivity contribution in [3.8, 4) is 0 Å². The molecular weight excluding hydrogens is 1410 g/mol. The van der Waals surface area contributed by atoms with Gasteiger partial charge in [-0.15, -0.1) is 23.2 Å². The van der Waals surface area contributed by atoms with Crippen molar-refractivity contribution in [1.82, 2.24) is 25.6 Å². The van der Waals surface area contributed by atoms with Gasteiger partial charge in [0.1, 0.15) is 22.3 Å². The van der Waals surface area contributed by atoms with E-state index in [1.807, 2.05) is 99.6 Å². The normalized spacial score (nSPS) is 14.2. The molecule has 0 fully saturated rings. The van der Waals surface area contributed by atoms with Crippen LogP contribution in [0.2, 0.25) is 0 Å². The number of benzene rings is 6. The van der Waals surface area contributed by atoms with Crippen LogP contribution in [0.25, 0.3) is 32.7 Å². The van der Waals surface area contributed by atoms with E-state index in [0.717, 1.165) is 85.6 Å². The molecule has 3 atom stereocenters. The van der Waals surface area contributed by atoms with Crippen LogP contribution < -0.4 is 48.6 Å². The number of rotatable bonds is 8. The van der Waals surface area contributed by atoms with Gasteiger partial charge in [0.05, 0.1) is 31.6 Å². The molecule has 0 radical (unpaired) electrons. The smallest absolute Gasteiger partial charge is 0.446 e. The number of pyridine rings is 3. The van der Waals surface area contributed by atoms with Crippen LogP contribution in [0.5, 0.6) is 0 Å². The van der Waals surface area contributed by atoms with Crippen LogP contribution in [-0.2, 0) is 38.3 Å². The van der Waals surface area contributed by atoms with E-state index in [-0.39, 0.29) is 86.1 Å². The van der Waals surface area contributed by atoms with Gasteiger partial charge in [0.2, 0.25) is 22.6 Å². The van der Waals surface area contributed by atoms with E-state index < -0.39 is 53.4 Å². The molecule has 22 nitrogen and oxygen atoms in total. The highest BCUT2D eigenvalue weighted by Gasteiger charge is 2.28. The summed E-state index contributed by atoms with van der Waals surface area (Å²) < 4.78 is 45.2. The number of aromatic amines is 3. The van der Waals surface area contributed by atoms with Gasteiger partial charge in [0.15, 0.2) is 0 Å². The Kier molecular flexibility index (Phi) is 34.7. The Hall–Kier alpha value is -10.3. The van der Waals surface area contributed by atoms with Crippen molar-refractivity contribution in [2.24, 2.45) is 5.73 Å². The van der Waals surface area contributed by atoms with Crippen LogP contribution in [0, 0.1) is 0 Å². The second kappa shape index (κ2) is 41.1. The maximum Gasteiger partial charge on any atom is 0.446 e. The number of ether oxygens (including phenoxy) is 3. The third-order valence-electron chi connectivity index (χ3n) is 15.8. The fourth-order valence-electron chi connectivity index (χ4n) is 11.2. The van der Waals surface area contributed by atoms with Crippen LogP contribution in [0.1, 0.15) is 172 Å². The number of H-pyrrole nitrogens is 3. The Morgan fingerprint density at radius 3 is 1.14 bits per heavy atom. The maximum absolute atomic E-state index is 12.8. The number of aromatic nitrogens is 3. The summed E-state index contributed by atoms with van der Waals surface area (Å²) in [6, 6.07) is 38.0. The molecule has 0 bridgehead atoms. The van der Waals surface area contributed by atoms with Gasteiger partial charge in [-0.2, -0.15) is 13.2 Å². The minimum Gasteiger partial charge on any atom is -0.457 e. The van der Waals surface area contributed by atoms with E-state index in [1.165, 1.54) is 38.4 Å². The topological polar surface area (TPSA) is 332 Å². The molecule has 5 amide bonds. The third-order valence-corrected chi connectivity index (χ3v) is 15.9. The monoisotopic (exact) mass is 1500 g/mol. The number of alkyl carbamates (subject to hydrolysis) is 2. The maximum atomic E-state index is 12.8. The molecule has 28 heteroatoms. The van der Waals surface area contributed by atoms with E-state index in [9.17, 15) is 56.3 Å². The zero-order valence-corrected chi connectivity index (χ0v) is 57.2. The lowest BCUT2D eigenvalue weighted by Gasteiger charge is -2.28. The second-order valence-corrected chi connectivity index (χ2v) is 24.8. The van der Waals surface area contributed by atoms with Gasteiger partial charge in [-0.1, -0.05) is 84.3 Å². The first-order chi connectivity index (χ1) is 47.6. The van der Waals surface area contributed by atoms with Crippen LogP contribution in [0.4, 0.5) is 44.6 Å². The number of alkyl halides is 5. The lowest BCUT2D eigenvalue weighted by molar-refractivity contribution is -0.156. The fraction of sp³-hybridized carbons (Fsp3) is 0.316. The number of carbonyl (C=O) groups excluding carboxylic acids is 7. The molecule has 558 valence electrons. The quantitative estimate of drug-likeness (QED) is 0.0296. The number of halogens is 6. The molecule has 0 aliphatic heterocycles. The Bertz CT molecular complexity index is 4640. The molecule has 3 heterocycles. The molecule has 3 aromatic heterocycles. The number of fused-ring (bicyclic) bond motifs is 6. The molecule has 9 aromatic rings. The number of carbonyl (C=O) groups is 7. The van der Waals surface area contributed by atoms with Crippen LogP contribution in [0.15, 0.2) is 160 Å². The van der Waals surface area contributed by atoms with Crippen molar-refractivity contribution in [1.29, 1.82) is 0 Å². The van der Waals surface area contributed by atoms with Crippen LogP contribution in [0.3, 0.4) is 0 Å². The molecule has 10 N–H and O–H groups in total. The van der Waals surface area contributed by atoms with E-state index in [0.29, 0.717) is 49.8 Å². The van der Waals surface area contributed by atoms with Crippen molar-refractivity contribution < 1.29 is 60.9 Å². The van der Waals surface area contributed by atoms with Crippen molar-refractivity contribution in [2.75, 3.05) is 35.5 Å². The highest BCUT2D eigenvalue weighted by molar-refractivity contribution is 6.61. The molecular formula is C76H89Cl3F3N9O13. The zero-order valence-electron chi connectivity index (χ0n) is 54.9. The van der Waals surface area contributed by atoms with Crippen molar-refractivity contribution in [3.05, 3.63) is 227 Å². The lowest BCUT2D eigenvalue weighted by Crippen LogP contribution is -2.36. The van der Waals surface area contributed by atoms with E-state index in [1.54, 1.807) is 48.5 Å². The van der Waals surface area contributed by atoms with Gasteiger partial charge in [0.25, 0.3) is 17.7 Å². The molecule has 3 unspecified atom stereocenters. The summed E-state index contributed by atoms with van der Waals surface area (Å²) in [6.45, 7) is 5.47. The number of aldehydes is 1. The zero-order chi connectivity index (χ0) is 72.8. The molecule has 0 saturated carbocycles. The Balaban J connectivity index is 0.000000365. The van der Waals surface area contributed by atoms with Crippen molar-refractivity contribution in [3.63, 3.8) is 0 Å². The molecule has 3 aliphatic rings. The predicted octanol–water partition coefficient (Wildman–Crippen LogP) is 17.0. The second-order valence-electron chi connectivity index (χ2n) is 23.7. The van der Waals surface area contributed by atoms with Crippen molar-refractivity contribution >= 4 is 126 Å². The molecule has 12 rings (SSSR count). The van der Waals surface area contributed by atoms with Crippen LogP contribution >= 0.6 is 34.8 Å². The van der Waals surface area contributed by atoms with Gasteiger partial charge in [0, 0.05) is 86.0 Å². The average molecular weight is 1500 g/mol. The summed E-state index contributed by atoms with van der Waals surface area (Å²) >= 11 is 14.1. The average Bonchev–Trinajstić information content (AvgIpc) is 0.808. The first kappa shape index (κ1) is 87.9. The standard InChI is InChI=1S/C25H27N3O4.C22H21N3O4.C20H19N3O2.C2H3ClO2.C2HF3O.CH2Cl2.4CH4/c1-25(2,3)32-24(31)28-21-10-6-7-15-11-12-16(13-18(15)21)27-23(30)19-14-26-20-9-5-4-8-17(20)22(19)29;1-29-22(28)25-19-8-4-5-13-9-10-14(11-16(13)19)24-21(27)17-12-23-18-7-3-2-6-15(18)20(17)26;21-17-6-3-4-12-8-9-13(10-15(12)17)23-20(25)16-11-22-18-7-2-1-5-14(18)19(16)24;1-5-2(3)4;3-2(4,5)1-6;2-1-3;;;;/h4-5,8-9,11-14,21H,6-7,10H2,1-3H3,(H,26,29)(H,27,30)(H,28,31);2-3,6-7,9-12,19H,4-5,8H2,1H3,(H,23,26)(H,24,27)(H,25,28);1-2,5,7-11,17H,3-4,6,21H2,(H,22,24)(H,23,25);1H3;1H;1H2;4*1H4. The van der Waals surface area contributed by atoms with E-state index >= 15 is 0 Å². The number of nitrogens with one attached hydrogen (secondary N) is 8. The molecule has 6 aromatic carbocycles. The van der Waals surface area contributed by atoms with E-state index in [2.05, 4.69) is 57.9 Å². The summed E-state index contributed by atoms with van der Waals surface area (Å²) in [7, 11) is 2.55. The number of methoxy groups -OCH3 is 2. The van der Waals surface area contributed by atoms with Crippen LogP contribution in [-0.4, -0.2) is 87.9 Å². The molecule has 0 spiro atoms. The number of nitrogens with two attached hydrogens (primary N) is 1. The van der Waals surface area contributed by atoms with Gasteiger partial charge >= 0.3 is 23.8 Å². The number of amides is 5. The predicted molar refractivity (Wildman–Crippen MR) is 407 cm³/mol. The third kappa shape index (κ3) is 24.7. The van der Waals surface area contributed by atoms with Gasteiger partial charge in [-0.05, 0) is 185 Å². The largest absolute Gasteiger partial charge is 0.457 e. The lowest BCUT2D eigenvalue weighted by atomic mass is 9.87. The Labute approximate surface area is 615 Å². The van der Waals surface area contributed by atoms with E-state index in [4.69, 9.17) is 43.2 Å². The number of hydrogen-bond acceptors (Lipinski definition) is 14. The fourth-order valence-corrected chi connectivity index (χ4v) is 11.2. The first-order valence-electron chi connectivity index (χ1n) is 31.3. The Morgan fingerprint density at radius 2 is 0.827 bits per heavy atom. The van der Waals surface area contributed by atoms with Gasteiger partial charge in [-0.3, -0.25) is 33.6 Å². The van der Waals surface area contributed by atoms with Crippen molar-refractivity contribution in [2.45, 2.75) is 138 Å². The number of hydrogen-bond donors (Lipinski definition) is 9. The Morgan fingerprint density at radius 1 is 0.519 bits per heavy atom. The number of aryl methyl sites for hydroxylation is 3. The van der Waals surface area contributed by atoms with Gasteiger partial charge in [-0.25, -0.2) is 14.4 Å². The number of anilines is 3. The molecule has 3 aliphatic carbocycles. The summed E-state index contributed by atoms with van der Waals surface area (Å²) in [5.74, 6) is -1.38. The SMILES string of the molecule is C.C.C.C.CC(C)(C)OC(=O)NC1CCCc2ccc(NC(=O)c3c[nH]c4ccccc4c3=O)cc21.COC(=O)Cl.COC(=O)NC1CCCc2ccc(NC(=O)c3c[nH]c4ccccc4c3=O)cc21.ClCCl.NC1CCCc2ccc(NC(=O)c3c[nH]c4ccccc4c3=O)cc21.O=CC(F)(F)F. The van der Waals surface area contributed by atoms with Gasteiger partial charge < -0.3 is 61.5 Å². The molecule has 0 saturated heterocycles. The summed E-state index contributed by atoms with van der Waals surface area (Å²) in [5.41, 5.74) is 14.4. The first-order valence-corrected chi connectivity index (χ1v) is 32.7. The number of para-hydroxylation sites is 3. The summed E-state index contributed by atoms with van der Waals surface area (Å²) in [5, 5.41) is 15.9. The summed E-state index contributed by atoms with van der Waals surface area (Å²) in [4.78, 5) is 127. The molecule has 104 heavy (non-hydrogen) atoms. The minimum atomic E-state index is -4.64. The highest BCUT2D eigenvalue weighted by Crippen LogP contribution is 2.35. The minimum absolute atomic E-state index is 0. The summed E-state index contributed by atoms with van der Waals surface area (Å²) in [6.07, 6.45) is 6.04. The highest BCUT2D eigenvalue weighted by atomic mass is 35.5.